The summed E-state index contributed by atoms with van der Waals surface area (Å²) in [5, 5.41) is 4.10. The van der Waals surface area contributed by atoms with Crippen molar-refractivity contribution in [3.63, 3.8) is 0 Å². The molecular weight excluding hydrogens is 262 g/mol. The van der Waals surface area contributed by atoms with Gasteiger partial charge in [0.25, 0.3) is 0 Å². The van der Waals surface area contributed by atoms with Gasteiger partial charge < -0.3 is 5.73 Å². The van der Waals surface area contributed by atoms with Crippen LogP contribution in [0.2, 0.25) is 0 Å². The van der Waals surface area contributed by atoms with Gasteiger partial charge in [-0.1, -0.05) is 6.92 Å². The Balaban J connectivity index is 2.21. The summed E-state index contributed by atoms with van der Waals surface area (Å²) in [4.78, 5) is 4.15. The highest BCUT2D eigenvalue weighted by atomic mass is 19.1. The van der Waals surface area contributed by atoms with Crippen molar-refractivity contribution >= 4 is 0 Å². The fourth-order valence-corrected chi connectivity index (χ4v) is 2.12. The maximum Gasteiger partial charge on any atom is 0.138 e. The summed E-state index contributed by atoms with van der Waals surface area (Å²) >= 11 is 0. The molecule has 0 amide bonds. The van der Waals surface area contributed by atoms with E-state index >= 15 is 0 Å². The molecule has 1 heterocycles. The van der Waals surface area contributed by atoms with E-state index in [2.05, 4.69) is 10.1 Å². The number of rotatable bonds is 5. The molecule has 0 aliphatic heterocycles. The highest BCUT2D eigenvalue weighted by Crippen LogP contribution is 2.21. The maximum absolute atomic E-state index is 13.8. The van der Waals surface area contributed by atoms with Gasteiger partial charge in [0.05, 0.1) is 0 Å². The molecular formula is C14H18F2N4. The average molecular weight is 280 g/mol. The lowest BCUT2D eigenvalue weighted by atomic mass is 10.0. The Labute approximate surface area is 116 Å². The van der Waals surface area contributed by atoms with Crippen LogP contribution in [0.3, 0.4) is 0 Å². The fourth-order valence-electron chi connectivity index (χ4n) is 2.12. The largest absolute Gasteiger partial charge is 0.323 e. The molecule has 0 radical (unpaired) electrons. The van der Waals surface area contributed by atoms with Crippen molar-refractivity contribution in [3.8, 4) is 0 Å². The van der Waals surface area contributed by atoms with Gasteiger partial charge in [-0.3, -0.25) is 4.68 Å². The Hall–Kier alpha value is -1.82. The zero-order chi connectivity index (χ0) is 14.7. The van der Waals surface area contributed by atoms with Crippen molar-refractivity contribution in [2.75, 3.05) is 0 Å². The summed E-state index contributed by atoms with van der Waals surface area (Å²) in [5.41, 5.74) is 6.71. The zero-order valence-electron chi connectivity index (χ0n) is 11.6. The standard InChI is InChI=1S/C14H18F2N4/c1-3-4-20-14(18-8-19-20)7-13(17)10-5-9(2)11(15)6-12(10)16/h5-6,8,13H,3-4,7,17H2,1-2H3. The second kappa shape index (κ2) is 6.09. The number of nitrogens with zero attached hydrogens (tertiary/aromatic N) is 3. The first-order valence-corrected chi connectivity index (χ1v) is 6.60. The van der Waals surface area contributed by atoms with E-state index in [4.69, 9.17) is 5.73 Å². The number of halogens is 2. The van der Waals surface area contributed by atoms with Crippen LogP contribution in [0.15, 0.2) is 18.5 Å². The van der Waals surface area contributed by atoms with E-state index in [1.807, 2.05) is 6.92 Å². The second-order valence-corrected chi connectivity index (χ2v) is 4.83. The topological polar surface area (TPSA) is 56.7 Å². The predicted octanol–water partition coefficient (Wildman–Crippen LogP) is 2.52. The van der Waals surface area contributed by atoms with Crippen LogP contribution in [0, 0.1) is 18.6 Å². The van der Waals surface area contributed by atoms with E-state index in [9.17, 15) is 8.78 Å². The Morgan fingerprint density at radius 2 is 2.05 bits per heavy atom. The first-order chi connectivity index (χ1) is 9.52. The molecule has 0 aliphatic rings. The molecule has 2 N–H and O–H groups in total. The molecule has 0 aliphatic carbocycles. The van der Waals surface area contributed by atoms with Gasteiger partial charge in [0.2, 0.25) is 0 Å². The van der Waals surface area contributed by atoms with E-state index in [1.165, 1.54) is 12.4 Å². The highest BCUT2D eigenvalue weighted by molar-refractivity contribution is 5.28. The third-order valence-corrected chi connectivity index (χ3v) is 3.21. The van der Waals surface area contributed by atoms with E-state index in [1.54, 1.807) is 11.6 Å². The lowest BCUT2D eigenvalue weighted by Crippen LogP contribution is -2.18. The minimum absolute atomic E-state index is 0.301. The van der Waals surface area contributed by atoms with Crippen LogP contribution in [0.1, 0.15) is 36.3 Å². The summed E-state index contributed by atoms with van der Waals surface area (Å²) in [6.07, 6.45) is 2.75. The van der Waals surface area contributed by atoms with Crippen LogP contribution < -0.4 is 5.73 Å². The monoisotopic (exact) mass is 280 g/mol. The van der Waals surface area contributed by atoms with Gasteiger partial charge in [-0.15, -0.1) is 0 Å². The third-order valence-electron chi connectivity index (χ3n) is 3.21. The highest BCUT2D eigenvalue weighted by Gasteiger charge is 2.17. The molecule has 1 atom stereocenters. The van der Waals surface area contributed by atoms with Gasteiger partial charge in [0.1, 0.15) is 23.8 Å². The smallest absolute Gasteiger partial charge is 0.138 e. The number of hydrogen-bond donors (Lipinski definition) is 1. The molecule has 0 fully saturated rings. The summed E-state index contributed by atoms with van der Waals surface area (Å²) < 4.78 is 28.8. The molecule has 0 saturated heterocycles. The van der Waals surface area contributed by atoms with Crippen molar-refractivity contribution in [2.24, 2.45) is 5.73 Å². The molecule has 108 valence electrons. The normalized spacial score (nSPS) is 12.7. The van der Waals surface area contributed by atoms with Gasteiger partial charge >= 0.3 is 0 Å². The fraction of sp³-hybridized carbons (Fsp3) is 0.429. The summed E-state index contributed by atoms with van der Waals surface area (Å²) in [7, 11) is 0. The predicted molar refractivity (Wildman–Crippen MR) is 72.0 cm³/mol. The molecule has 2 rings (SSSR count). The quantitative estimate of drug-likeness (QED) is 0.915. The van der Waals surface area contributed by atoms with Crippen LogP contribution in [0.4, 0.5) is 8.78 Å². The van der Waals surface area contributed by atoms with E-state index < -0.39 is 17.7 Å². The van der Waals surface area contributed by atoms with Gasteiger partial charge in [-0.2, -0.15) is 5.10 Å². The van der Waals surface area contributed by atoms with Gasteiger partial charge in [0, 0.05) is 30.6 Å². The van der Waals surface area contributed by atoms with Crippen LogP contribution in [-0.4, -0.2) is 14.8 Å². The molecule has 20 heavy (non-hydrogen) atoms. The number of benzene rings is 1. The zero-order valence-corrected chi connectivity index (χ0v) is 11.6. The van der Waals surface area contributed by atoms with E-state index in [0.717, 1.165) is 19.0 Å². The van der Waals surface area contributed by atoms with Crippen LogP contribution in [0.5, 0.6) is 0 Å². The molecule has 4 nitrogen and oxygen atoms in total. The van der Waals surface area contributed by atoms with Gasteiger partial charge in [-0.05, 0) is 25.0 Å². The molecule has 0 bridgehead atoms. The van der Waals surface area contributed by atoms with Crippen molar-refractivity contribution in [1.82, 2.24) is 14.8 Å². The average Bonchev–Trinajstić information content (AvgIpc) is 2.81. The van der Waals surface area contributed by atoms with Crippen molar-refractivity contribution in [2.45, 2.75) is 39.3 Å². The van der Waals surface area contributed by atoms with Crippen molar-refractivity contribution in [1.29, 1.82) is 0 Å². The molecule has 6 heteroatoms. The summed E-state index contributed by atoms with van der Waals surface area (Å²) in [6.45, 7) is 4.37. The van der Waals surface area contributed by atoms with E-state index in [0.29, 0.717) is 23.4 Å². The number of nitrogens with two attached hydrogens (primary N) is 1. The minimum Gasteiger partial charge on any atom is -0.323 e. The van der Waals surface area contributed by atoms with Crippen LogP contribution in [0.25, 0.3) is 0 Å². The molecule has 0 spiro atoms. The molecule has 1 aromatic carbocycles. The molecule has 1 aromatic heterocycles. The number of hydrogen-bond acceptors (Lipinski definition) is 3. The van der Waals surface area contributed by atoms with Gasteiger partial charge in [0.15, 0.2) is 0 Å². The Morgan fingerprint density at radius 1 is 1.30 bits per heavy atom. The van der Waals surface area contributed by atoms with Crippen molar-refractivity contribution in [3.05, 3.63) is 47.0 Å². The molecule has 2 aromatic rings. The van der Waals surface area contributed by atoms with Crippen LogP contribution in [-0.2, 0) is 13.0 Å². The third kappa shape index (κ3) is 3.01. The summed E-state index contributed by atoms with van der Waals surface area (Å²) in [6, 6.07) is 1.76. The maximum atomic E-state index is 13.8. The van der Waals surface area contributed by atoms with Crippen molar-refractivity contribution < 1.29 is 8.78 Å². The Bertz CT molecular complexity index is 595. The van der Waals surface area contributed by atoms with Crippen LogP contribution >= 0.6 is 0 Å². The molecule has 1 unspecified atom stereocenters. The second-order valence-electron chi connectivity index (χ2n) is 4.83. The number of aromatic nitrogens is 3. The Kier molecular flexibility index (Phi) is 4.44. The number of aryl methyl sites for hydroxylation is 2. The first kappa shape index (κ1) is 14.6. The minimum atomic E-state index is -0.623. The molecule has 0 saturated carbocycles. The first-order valence-electron chi connectivity index (χ1n) is 6.60. The lowest BCUT2D eigenvalue weighted by molar-refractivity contribution is 0.524. The lowest BCUT2D eigenvalue weighted by Gasteiger charge is -2.14. The van der Waals surface area contributed by atoms with E-state index in [-0.39, 0.29) is 0 Å². The Morgan fingerprint density at radius 3 is 2.75 bits per heavy atom. The van der Waals surface area contributed by atoms with Gasteiger partial charge in [-0.25, -0.2) is 13.8 Å². The SMILES string of the molecule is CCCn1ncnc1CC(N)c1cc(C)c(F)cc1F. The summed E-state index contributed by atoms with van der Waals surface area (Å²) in [5.74, 6) is -0.476.